The number of nitriles is 1. The Kier molecular flexibility index (Phi) is 4.67. The molecule has 188 valence electrons. The van der Waals surface area contributed by atoms with Crippen LogP contribution < -0.4 is 4.90 Å². The maximum absolute atomic E-state index is 9.49. The molecule has 0 fully saturated rings. The zero-order valence-corrected chi connectivity index (χ0v) is 22.4. The molecule has 0 aromatic heterocycles. The van der Waals surface area contributed by atoms with E-state index in [1.165, 1.54) is 54.6 Å². The van der Waals surface area contributed by atoms with Gasteiger partial charge in [-0.25, -0.2) is 0 Å². The van der Waals surface area contributed by atoms with Crippen molar-refractivity contribution < 1.29 is 0 Å². The number of anilines is 3. The van der Waals surface area contributed by atoms with Gasteiger partial charge in [-0.05, 0) is 91.6 Å². The van der Waals surface area contributed by atoms with Crippen LogP contribution in [0.25, 0.3) is 43.4 Å². The molecule has 0 unspecified atom stereocenters. The highest BCUT2D eigenvalue weighted by Gasteiger charge is 2.35. The van der Waals surface area contributed by atoms with Crippen LogP contribution in [-0.4, -0.2) is 0 Å². The smallest absolute Gasteiger partial charge is 0.0991 e. The highest BCUT2D eigenvalue weighted by Crippen LogP contribution is 2.51. The van der Waals surface area contributed by atoms with Crippen molar-refractivity contribution in [3.05, 3.63) is 138 Å². The molecule has 0 atom stereocenters. The largest absolute Gasteiger partial charge is 0.310 e. The van der Waals surface area contributed by atoms with Crippen LogP contribution in [0.5, 0.6) is 0 Å². The van der Waals surface area contributed by atoms with Crippen molar-refractivity contribution in [1.82, 2.24) is 0 Å². The van der Waals surface area contributed by atoms with E-state index < -0.39 is 0 Å². The molecular formula is C38H26N2. The lowest BCUT2D eigenvalue weighted by Gasteiger charge is -2.29. The van der Waals surface area contributed by atoms with Gasteiger partial charge in [-0.15, -0.1) is 0 Å². The summed E-state index contributed by atoms with van der Waals surface area (Å²) in [6.07, 6.45) is 0. The van der Waals surface area contributed by atoms with Crippen molar-refractivity contribution in [2.45, 2.75) is 19.3 Å². The lowest BCUT2D eigenvalue weighted by molar-refractivity contribution is 0.660. The maximum atomic E-state index is 9.49. The normalized spacial score (nSPS) is 13.4. The van der Waals surface area contributed by atoms with Crippen LogP contribution in [-0.2, 0) is 5.41 Å². The summed E-state index contributed by atoms with van der Waals surface area (Å²) in [6.45, 7) is 4.65. The summed E-state index contributed by atoms with van der Waals surface area (Å²) in [5.41, 5.74) is 9.16. The Bertz CT molecular complexity index is 2130. The predicted octanol–water partition coefficient (Wildman–Crippen LogP) is 10.2. The Morgan fingerprint density at radius 1 is 0.575 bits per heavy atom. The molecule has 0 saturated heterocycles. The molecule has 0 heterocycles. The Hall–Kier alpha value is -5.13. The third kappa shape index (κ3) is 3.09. The van der Waals surface area contributed by atoms with E-state index in [0.717, 1.165) is 17.1 Å². The Balaban J connectivity index is 1.41. The summed E-state index contributed by atoms with van der Waals surface area (Å²) >= 11 is 0. The Labute approximate surface area is 233 Å². The van der Waals surface area contributed by atoms with E-state index in [4.69, 9.17) is 0 Å². The molecule has 0 saturated carbocycles. The second kappa shape index (κ2) is 8.18. The molecule has 8 rings (SSSR count). The number of hydrogen-bond acceptors (Lipinski definition) is 2. The van der Waals surface area contributed by atoms with E-state index in [1.54, 1.807) is 0 Å². The third-order valence-electron chi connectivity index (χ3n) is 8.83. The van der Waals surface area contributed by atoms with Gasteiger partial charge in [-0.3, -0.25) is 0 Å². The number of nitrogens with zero attached hydrogens (tertiary/aromatic N) is 2. The monoisotopic (exact) mass is 510 g/mol. The van der Waals surface area contributed by atoms with Crippen LogP contribution in [0.4, 0.5) is 17.1 Å². The standard InChI is InChI=1S/C38H26N2/c1-38(2)33-9-4-3-8-30(33)31-20-18-29(22-34(31)38)40(28-16-10-24(23-39)11-17-28)35-21-15-27-13-12-25-6-5-7-26-14-19-32(35)37(27)36(25)26/h3-22H,1-2H3. The van der Waals surface area contributed by atoms with Crippen LogP contribution in [0.3, 0.4) is 0 Å². The fourth-order valence-electron chi connectivity index (χ4n) is 6.86. The van der Waals surface area contributed by atoms with Crippen molar-refractivity contribution in [3.63, 3.8) is 0 Å². The molecule has 0 N–H and O–H groups in total. The second-order valence-electron chi connectivity index (χ2n) is 11.3. The summed E-state index contributed by atoms with van der Waals surface area (Å²) in [5.74, 6) is 0. The van der Waals surface area contributed by atoms with E-state index in [9.17, 15) is 5.26 Å². The molecule has 7 aromatic rings. The third-order valence-corrected chi connectivity index (χ3v) is 8.83. The van der Waals surface area contributed by atoms with Gasteiger partial charge in [0.1, 0.15) is 0 Å². The van der Waals surface area contributed by atoms with E-state index in [-0.39, 0.29) is 5.41 Å². The molecule has 1 aliphatic rings. The predicted molar refractivity (Wildman–Crippen MR) is 167 cm³/mol. The van der Waals surface area contributed by atoms with Gasteiger partial charge < -0.3 is 4.90 Å². The highest BCUT2D eigenvalue weighted by atomic mass is 15.1. The van der Waals surface area contributed by atoms with E-state index in [0.29, 0.717) is 5.56 Å². The molecule has 0 aliphatic heterocycles. The lowest BCUT2D eigenvalue weighted by Crippen LogP contribution is -2.16. The molecule has 0 amide bonds. The van der Waals surface area contributed by atoms with Gasteiger partial charge >= 0.3 is 0 Å². The number of fused-ring (bicyclic) bond motifs is 3. The molecule has 0 spiro atoms. The average molecular weight is 511 g/mol. The fourth-order valence-corrected chi connectivity index (χ4v) is 6.86. The molecular weight excluding hydrogens is 484 g/mol. The van der Waals surface area contributed by atoms with E-state index >= 15 is 0 Å². The summed E-state index contributed by atoms with van der Waals surface area (Å²) in [6, 6.07) is 45.9. The zero-order valence-electron chi connectivity index (χ0n) is 22.4. The molecule has 2 nitrogen and oxygen atoms in total. The number of hydrogen-bond donors (Lipinski definition) is 0. The van der Waals surface area contributed by atoms with Crippen LogP contribution in [0, 0.1) is 11.3 Å². The quantitative estimate of drug-likeness (QED) is 0.221. The van der Waals surface area contributed by atoms with Crippen LogP contribution in [0.15, 0.2) is 121 Å². The fraction of sp³-hybridized carbons (Fsp3) is 0.0789. The first-order chi connectivity index (χ1) is 19.5. The van der Waals surface area contributed by atoms with Crippen LogP contribution >= 0.6 is 0 Å². The maximum Gasteiger partial charge on any atom is 0.0991 e. The Morgan fingerprint density at radius 3 is 2.00 bits per heavy atom. The minimum Gasteiger partial charge on any atom is -0.310 e. The van der Waals surface area contributed by atoms with Crippen molar-refractivity contribution in [2.75, 3.05) is 4.90 Å². The molecule has 1 aliphatic carbocycles. The SMILES string of the molecule is CC1(C)c2ccccc2-c2ccc(N(c3ccc(C#N)cc3)c3ccc4ccc5cccc6ccc3c4c56)cc21. The first kappa shape index (κ1) is 22.8. The molecule has 2 heteroatoms. The van der Waals surface area contributed by atoms with Crippen molar-refractivity contribution in [2.24, 2.45) is 0 Å². The molecule has 0 bridgehead atoms. The van der Waals surface area contributed by atoms with Crippen LogP contribution in [0.2, 0.25) is 0 Å². The van der Waals surface area contributed by atoms with Gasteiger partial charge in [0.15, 0.2) is 0 Å². The van der Waals surface area contributed by atoms with Gasteiger partial charge in [0.25, 0.3) is 0 Å². The van der Waals surface area contributed by atoms with Crippen LogP contribution in [0.1, 0.15) is 30.5 Å². The summed E-state index contributed by atoms with van der Waals surface area (Å²) < 4.78 is 0. The zero-order chi connectivity index (χ0) is 27.0. The van der Waals surface area contributed by atoms with Crippen molar-refractivity contribution >= 4 is 49.4 Å². The highest BCUT2D eigenvalue weighted by molar-refractivity contribution is 6.25. The molecule has 40 heavy (non-hydrogen) atoms. The topological polar surface area (TPSA) is 27.0 Å². The number of rotatable bonds is 3. The summed E-state index contributed by atoms with van der Waals surface area (Å²) in [7, 11) is 0. The van der Waals surface area contributed by atoms with Gasteiger partial charge in [0.2, 0.25) is 0 Å². The second-order valence-corrected chi connectivity index (χ2v) is 11.3. The average Bonchev–Trinajstić information content (AvgIpc) is 3.23. The van der Waals surface area contributed by atoms with Gasteiger partial charge in [-0.1, -0.05) is 92.7 Å². The minimum absolute atomic E-state index is 0.0963. The van der Waals surface area contributed by atoms with Crippen molar-refractivity contribution in [1.29, 1.82) is 5.26 Å². The van der Waals surface area contributed by atoms with Crippen molar-refractivity contribution in [3.8, 4) is 17.2 Å². The summed E-state index contributed by atoms with van der Waals surface area (Å²) in [4.78, 5) is 2.35. The van der Waals surface area contributed by atoms with Gasteiger partial charge in [-0.2, -0.15) is 5.26 Å². The van der Waals surface area contributed by atoms with Gasteiger partial charge in [0.05, 0.1) is 17.3 Å². The number of benzene rings is 7. The Morgan fingerprint density at radius 2 is 1.23 bits per heavy atom. The first-order valence-corrected chi connectivity index (χ1v) is 13.8. The molecule has 7 aromatic carbocycles. The molecule has 0 radical (unpaired) electrons. The van der Waals surface area contributed by atoms with E-state index in [2.05, 4.69) is 134 Å². The van der Waals surface area contributed by atoms with E-state index in [1.807, 2.05) is 12.1 Å². The van der Waals surface area contributed by atoms with Gasteiger partial charge in [0, 0.05) is 22.2 Å². The minimum atomic E-state index is -0.0963. The first-order valence-electron chi connectivity index (χ1n) is 13.8. The lowest BCUT2D eigenvalue weighted by atomic mass is 9.82. The summed E-state index contributed by atoms with van der Waals surface area (Å²) in [5, 5.41) is 17.1.